The number of amides is 2. The summed E-state index contributed by atoms with van der Waals surface area (Å²) in [6, 6.07) is 26.3. The Hall–Kier alpha value is -4.17. The molecule has 6 rings (SSSR count). The van der Waals surface area contributed by atoms with Crippen LogP contribution in [0.2, 0.25) is 0 Å². The van der Waals surface area contributed by atoms with Crippen molar-refractivity contribution < 1.29 is 24.2 Å². The first-order valence-electron chi connectivity index (χ1n) is 14.8. The lowest BCUT2D eigenvalue weighted by Gasteiger charge is -2.32. The Morgan fingerprint density at radius 2 is 1.45 bits per heavy atom. The van der Waals surface area contributed by atoms with Crippen molar-refractivity contribution in [1.29, 1.82) is 0 Å². The van der Waals surface area contributed by atoms with Crippen LogP contribution in [0.3, 0.4) is 0 Å². The van der Waals surface area contributed by atoms with Crippen LogP contribution in [-0.4, -0.2) is 58.8 Å². The maximum atomic E-state index is 13.4. The van der Waals surface area contributed by atoms with Gasteiger partial charge in [0.2, 0.25) is 5.91 Å². The van der Waals surface area contributed by atoms with Crippen molar-refractivity contribution in [2.24, 2.45) is 0 Å². The molecule has 2 aliphatic carbocycles. The second kappa shape index (κ2) is 11.6. The van der Waals surface area contributed by atoms with Crippen LogP contribution < -0.4 is 10.6 Å². The van der Waals surface area contributed by atoms with Crippen molar-refractivity contribution in [3.8, 4) is 11.1 Å². The summed E-state index contributed by atoms with van der Waals surface area (Å²) in [6.07, 6.45) is 2.85. The number of fused-ring (bicyclic) bond motifs is 3. The number of carboxylic acids is 1. The third-order valence-corrected chi connectivity index (χ3v) is 9.16. The molecule has 0 spiro atoms. The molecule has 2 fully saturated rings. The van der Waals surface area contributed by atoms with Crippen molar-refractivity contribution in [1.82, 2.24) is 15.5 Å². The van der Waals surface area contributed by atoms with E-state index >= 15 is 0 Å². The van der Waals surface area contributed by atoms with E-state index in [9.17, 15) is 19.5 Å². The highest BCUT2D eigenvalue weighted by molar-refractivity contribution is 5.88. The standard InChI is InChI=1S/C34H37N3O5/c38-30(35-34(31(39)40)18-19-37(23-34)21-24-10-2-1-3-11-24)20-33(16-8-9-17-33)36-32(41)42-22-29-27-14-6-4-12-25(27)26-13-5-7-15-28(26)29/h1-7,10-15,29H,8-9,16-23H2,(H,35,38)(H,36,41)(H,39,40). The fourth-order valence-corrected chi connectivity index (χ4v) is 7.06. The molecule has 1 aliphatic heterocycles. The van der Waals surface area contributed by atoms with Gasteiger partial charge in [0.15, 0.2) is 5.54 Å². The first kappa shape index (κ1) is 28.0. The summed E-state index contributed by atoms with van der Waals surface area (Å²) in [4.78, 5) is 41.0. The van der Waals surface area contributed by atoms with Gasteiger partial charge in [0.25, 0.3) is 0 Å². The second-order valence-electron chi connectivity index (χ2n) is 12.0. The molecule has 1 heterocycles. The Morgan fingerprint density at radius 3 is 2.10 bits per heavy atom. The number of carbonyl (C=O) groups is 3. The van der Waals surface area contributed by atoms with Gasteiger partial charge in [0.05, 0.1) is 5.54 Å². The summed E-state index contributed by atoms with van der Waals surface area (Å²) in [5.41, 5.74) is 3.59. The second-order valence-corrected chi connectivity index (χ2v) is 12.0. The van der Waals surface area contributed by atoms with E-state index in [2.05, 4.69) is 39.8 Å². The smallest absolute Gasteiger partial charge is 0.407 e. The number of ether oxygens (including phenoxy) is 1. The van der Waals surface area contributed by atoms with Crippen LogP contribution in [0.5, 0.6) is 0 Å². The average Bonchev–Trinajstić information content (AvgIpc) is 3.69. The van der Waals surface area contributed by atoms with E-state index in [1.165, 1.54) is 0 Å². The molecule has 0 bridgehead atoms. The molecule has 1 saturated heterocycles. The first-order chi connectivity index (χ1) is 20.4. The van der Waals surface area contributed by atoms with E-state index in [0.717, 1.165) is 40.7 Å². The quantitative estimate of drug-likeness (QED) is 0.333. The number of hydrogen-bond donors (Lipinski definition) is 3. The molecule has 2 amide bonds. The number of nitrogens with zero attached hydrogens (tertiary/aromatic N) is 1. The van der Waals surface area contributed by atoms with Gasteiger partial charge >= 0.3 is 12.1 Å². The van der Waals surface area contributed by atoms with Gasteiger partial charge in [0, 0.05) is 32.0 Å². The minimum Gasteiger partial charge on any atom is -0.479 e. The van der Waals surface area contributed by atoms with E-state index in [4.69, 9.17) is 4.74 Å². The van der Waals surface area contributed by atoms with Crippen LogP contribution in [0.25, 0.3) is 11.1 Å². The number of alkyl carbamates (subject to hydrolysis) is 1. The maximum absolute atomic E-state index is 13.4. The monoisotopic (exact) mass is 567 g/mol. The normalized spacial score (nSPS) is 21.0. The topological polar surface area (TPSA) is 108 Å². The number of rotatable bonds is 9. The summed E-state index contributed by atoms with van der Waals surface area (Å²) < 4.78 is 5.79. The zero-order chi connectivity index (χ0) is 29.2. The molecule has 3 aromatic carbocycles. The predicted molar refractivity (Wildman–Crippen MR) is 159 cm³/mol. The molecule has 3 aliphatic rings. The van der Waals surface area contributed by atoms with Crippen LogP contribution in [0.15, 0.2) is 78.9 Å². The van der Waals surface area contributed by atoms with Crippen molar-refractivity contribution in [3.63, 3.8) is 0 Å². The fourth-order valence-electron chi connectivity index (χ4n) is 7.06. The fraction of sp³-hybridized carbons (Fsp3) is 0.382. The van der Waals surface area contributed by atoms with Gasteiger partial charge < -0.3 is 20.5 Å². The summed E-state index contributed by atoms with van der Waals surface area (Å²) in [6.45, 7) is 1.63. The Labute approximate surface area is 246 Å². The van der Waals surface area contributed by atoms with E-state index in [1.807, 2.05) is 54.6 Å². The highest BCUT2D eigenvalue weighted by atomic mass is 16.5. The first-order valence-corrected chi connectivity index (χ1v) is 14.8. The number of nitrogens with one attached hydrogen (secondary N) is 2. The summed E-state index contributed by atoms with van der Waals surface area (Å²) in [7, 11) is 0. The molecule has 8 nitrogen and oxygen atoms in total. The van der Waals surface area contributed by atoms with Gasteiger partial charge in [-0.3, -0.25) is 9.69 Å². The number of hydrogen-bond acceptors (Lipinski definition) is 5. The molecule has 3 N–H and O–H groups in total. The zero-order valence-corrected chi connectivity index (χ0v) is 23.7. The molecule has 218 valence electrons. The molecule has 8 heteroatoms. The van der Waals surface area contributed by atoms with Gasteiger partial charge in [-0.15, -0.1) is 0 Å². The van der Waals surface area contributed by atoms with Crippen molar-refractivity contribution in [3.05, 3.63) is 95.6 Å². The van der Waals surface area contributed by atoms with Gasteiger partial charge in [-0.2, -0.15) is 0 Å². The molecule has 0 radical (unpaired) electrons. The summed E-state index contributed by atoms with van der Waals surface area (Å²) in [5, 5.41) is 16.0. The van der Waals surface area contributed by atoms with Crippen LogP contribution in [0, 0.1) is 0 Å². The lowest BCUT2D eigenvalue weighted by Crippen LogP contribution is -2.58. The van der Waals surface area contributed by atoms with E-state index in [-0.39, 0.29) is 31.4 Å². The zero-order valence-electron chi connectivity index (χ0n) is 23.7. The molecule has 1 atom stereocenters. The molecule has 1 unspecified atom stereocenters. The molecular weight excluding hydrogens is 530 g/mol. The van der Waals surface area contributed by atoms with Crippen molar-refractivity contribution >= 4 is 18.0 Å². The van der Waals surface area contributed by atoms with Crippen LogP contribution in [-0.2, 0) is 20.9 Å². The molecule has 42 heavy (non-hydrogen) atoms. The largest absolute Gasteiger partial charge is 0.479 e. The highest BCUT2D eigenvalue weighted by Gasteiger charge is 2.47. The maximum Gasteiger partial charge on any atom is 0.407 e. The van der Waals surface area contributed by atoms with E-state index in [0.29, 0.717) is 32.4 Å². The number of carbonyl (C=O) groups excluding carboxylic acids is 2. The molecule has 3 aromatic rings. The lowest BCUT2D eigenvalue weighted by atomic mass is 9.91. The average molecular weight is 568 g/mol. The number of carboxylic acid groups (broad SMARTS) is 1. The van der Waals surface area contributed by atoms with E-state index in [1.54, 1.807) is 0 Å². The number of likely N-dealkylation sites (tertiary alicyclic amines) is 1. The Kier molecular flexibility index (Phi) is 7.73. The van der Waals surface area contributed by atoms with Gasteiger partial charge in [-0.05, 0) is 47.1 Å². The minimum absolute atomic E-state index is 0.0188. The highest BCUT2D eigenvalue weighted by Crippen LogP contribution is 2.44. The van der Waals surface area contributed by atoms with Crippen molar-refractivity contribution in [2.75, 3.05) is 19.7 Å². The van der Waals surface area contributed by atoms with Crippen molar-refractivity contribution in [2.45, 2.75) is 62.1 Å². The van der Waals surface area contributed by atoms with Crippen LogP contribution in [0.1, 0.15) is 61.1 Å². The third kappa shape index (κ3) is 5.63. The Balaban J connectivity index is 1.08. The van der Waals surface area contributed by atoms with Gasteiger partial charge in [0.1, 0.15) is 6.61 Å². The molecule has 0 aromatic heterocycles. The van der Waals surface area contributed by atoms with Gasteiger partial charge in [-0.25, -0.2) is 9.59 Å². The Morgan fingerprint density at radius 1 is 0.833 bits per heavy atom. The number of benzene rings is 3. The number of aliphatic carboxylic acids is 1. The summed E-state index contributed by atoms with van der Waals surface area (Å²) >= 11 is 0. The molecular formula is C34H37N3O5. The predicted octanol–water partition coefficient (Wildman–Crippen LogP) is 5.07. The van der Waals surface area contributed by atoms with Crippen LogP contribution in [0.4, 0.5) is 4.79 Å². The molecule has 1 saturated carbocycles. The minimum atomic E-state index is -1.35. The van der Waals surface area contributed by atoms with Crippen LogP contribution >= 0.6 is 0 Å². The Bertz CT molecular complexity index is 1420. The van der Waals surface area contributed by atoms with E-state index < -0.39 is 23.1 Å². The SMILES string of the molecule is O=C(CC1(NC(=O)OCC2c3ccccc3-c3ccccc32)CCCC1)NC1(C(=O)O)CCN(Cc2ccccc2)C1. The van der Waals surface area contributed by atoms with Gasteiger partial charge in [-0.1, -0.05) is 91.7 Å². The summed E-state index contributed by atoms with van der Waals surface area (Å²) in [5.74, 6) is -1.45. The third-order valence-electron chi connectivity index (χ3n) is 9.16. The lowest BCUT2D eigenvalue weighted by molar-refractivity contribution is -0.147.